The van der Waals surface area contributed by atoms with E-state index in [1.807, 2.05) is 24.3 Å². The van der Waals surface area contributed by atoms with Crippen LogP contribution in [-0.2, 0) is 16.0 Å². The van der Waals surface area contributed by atoms with E-state index in [1.165, 1.54) is 6.92 Å². The molecule has 1 atom stereocenters. The molecule has 0 amide bonds. The third kappa shape index (κ3) is 2.19. The molecule has 3 rings (SSSR count). The summed E-state index contributed by atoms with van der Waals surface area (Å²) in [5.41, 5.74) is 2.70. The van der Waals surface area contributed by atoms with Gasteiger partial charge in [0, 0.05) is 12.3 Å². The Labute approximate surface area is 116 Å². The highest BCUT2D eigenvalue weighted by Crippen LogP contribution is 2.38. The van der Waals surface area contributed by atoms with Crippen LogP contribution < -0.4 is 0 Å². The third-order valence-electron chi connectivity index (χ3n) is 3.46. The van der Waals surface area contributed by atoms with E-state index in [2.05, 4.69) is 4.98 Å². The van der Waals surface area contributed by atoms with Gasteiger partial charge in [-0.05, 0) is 30.9 Å². The van der Waals surface area contributed by atoms with Crippen molar-refractivity contribution in [1.29, 1.82) is 0 Å². The van der Waals surface area contributed by atoms with E-state index in [0.29, 0.717) is 0 Å². The molecule has 1 aliphatic rings. The highest BCUT2D eigenvalue weighted by atomic mass is 35.5. The molecule has 1 heterocycles. The van der Waals surface area contributed by atoms with E-state index in [1.54, 1.807) is 0 Å². The van der Waals surface area contributed by atoms with Gasteiger partial charge in [-0.25, -0.2) is 4.98 Å². The largest absolute Gasteiger partial charge is 0.456 e. The molecule has 1 unspecified atom stereocenters. The van der Waals surface area contributed by atoms with Gasteiger partial charge in [-0.15, -0.1) is 0 Å². The minimum Gasteiger partial charge on any atom is -0.456 e. The van der Waals surface area contributed by atoms with Crippen molar-refractivity contribution in [3.05, 3.63) is 40.5 Å². The Morgan fingerprint density at radius 1 is 1.42 bits per heavy atom. The lowest BCUT2D eigenvalue weighted by Crippen LogP contribution is -2.17. The van der Waals surface area contributed by atoms with Crippen LogP contribution in [-0.4, -0.2) is 11.0 Å². The Bertz CT molecular complexity index is 654. The summed E-state index contributed by atoms with van der Waals surface area (Å²) in [5, 5.41) is 1.71. The van der Waals surface area contributed by atoms with Gasteiger partial charge in [0.05, 0.1) is 16.2 Å². The van der Waals surface area contributed by atoms with Crippen molar-refractivity contribution in [2.45, 2.75) is 32.3 Å². The first kappa shape index (κ1) is 12.4. The van der Waals surface area contributed by atoms with E-state index in [-0.39, 0.29) is 12.1 Å². The molecule has 0 fully saturated rings. The molecule has 2 aromatic rings. The second-order valence-corrected chi connectivity index (χ2v) is 5.17. The van der Waals surface area contributed by atoms with Crippen LogP contribution in [0.5, 0.6) is 0 Å². The lowest BCUT2D eigenvalue weighted by atomic mass is 9.92. The minimum absolute atomic E-state index is 0.261. The molecule has 0 spiro atoms. The van der Waals surface area contributed by atoms with Crippen LogP contribution in [0.1, 0.15) is 37.1 Å². The monoisotopic (exact) mass is 275 g/mol. The van der Waals surface area contributed by atoms with Crippen LogP contribution in [0.4, 0.5) is 0 Å². The number of carbonyl (C=O) groups excluding carboxylic acids is 1. The van der Waals surface area contributed by atoms with Crippen LogP contribution in [0.3, 0.4) is 0 Å². The molecule has 19 heavy (non-hydrogen) atoms. The Morgan fingerprint density at radius 3 is 3.00 bits per heavy atom. The summed E-state index contributed by atoms with van der Waals surface area (Å²) in [6.45, 7) is 1.43. The number of esters is 1. The summed E-state index contributed by atoms with van der Waals surface area (Å²) < 4.78 is 5.36. The van der Waals surface area contributed by atoms with Gasteiger partial charge >= 0.3 is 5.97 Å². The smallest absolute Gasteiger partial charge is 0.303 e. The van der Waals surface area contributed by atoms with Gasteiger partial charge in [-0.1, -0.05) is 29.8 Å². The van der Waals surface area contributed by atoms with Crippen molar-refractivity contribution in [3.63, 3.8) is 0 Å². The molecule has 0 aliphatic heterocycles. The van der Waals surface area contributed by atoms with Crippen molar-refractivity contribution in [2.24, 2.45) is 0 Å². The molecule has 0 radical (unpaired) electrons. The molecule has 1 aromatic heterocycles. The lowest BCUT2D eigenvalue weighted by molar-refractivity contribution is -0.147. The number of rotatable bonds is 1. The van der Waals surface area contributed by atoms with Gasteiger partial charge in [-0.2, -0.15) is 0 Å². The fourth-order valence-electron chi connectivity index (χ4n) is 2.65. The highest BCUT2D eigenvalue weighted by molar-refractivity contribution is 6.36. The van der Waals surface area contributed by atoms with E-state index in [9.17, 15) is 4.79 Å². The van der Waals surface area contributed by atoms with Crippen LogP contribution in [0.25, 0.3) is 10.9 Å². The van der Waals surface area contributed by atoms with E-state index >= 15 is 0 Å². The molecule has 0 N–H and O–H groups in total. The second-order valence-electron chi connectivity index (χ2n) is 4.80. The molecular formula is C15H14ClNO2. The molecule has 98 valence electrons. The van der Waals surface area contributed by atoms with Gasteiger partial charge in [-0.3, -0.25) is 4.79 Å². The maximum Gasteiger partial charge on any atom is 0.303 e. The first-order valence-electron chi connectivity index (χ1n) is 6.41. The number of halogens is 1. The predicted molar refractivity (Wildman–Crippen MR) is 74.2 cm³/mol. The lowest BCUT2D eigenvalue weighted by Gasteiger charge is -2.25. The summed E-state index contributed by atoms with van der Waals surface area (Å²) in [5.74, 6) is -0.274. The first-order valence-corrected chi connectivity index (χ1v) is 6.79. The zero-order chi connectivity index (χ0) is 13.4. The Kier molecular flexibility index (Phi) is 3.15. The number of hydrogen-bond acceptors (Lipinski definition) is 3. The van der Waals surface area contributed by atoms with Crippen LogP contribution in [0.2, 0.25) is 5.02 Å². The van der Waals surface area contributed by atoms with Crippen molar-refractivity contribution in [2.75, 3.05) is 0 Å². The average Bonchev–Trinajstić information content (AvgIpc) is 2.40. The quantitative estimate of drug-likeness (QED) is 0.743. The second kappa shape index (κ2) is 4.82. The minimum atomic E-state index is -0.274. The first-order chi connectivity index (χ1) is 9.16. The number of benzene rings is 1. The fraction of sp³-hybridized carbons (Fsp3) is 0.333. The van der Waals surface area contributed by atoms with Gasteiger partial charge in [0.25, 0.3) is 0 Å². The summed E-state index contributed by atoms with van der Waals surface area (Å²) >= 11 is 6.48. The van der Waals surface area contributed by atoms with Gasteiger partial charge in [0.1, 0.15) is 6.10 Å². The van der Waals surface area contributed by atoms with Crippen molar-refractivity contribution < 1.29 is 9.53 Å². The average molecular weight is 276 g/mol. The van der Waals surface area contributed by atoms with Crippen molar-refractivity contribution >= 4 is 28.5 Å². The number of aromatic nitrogens is 1. The zero-order valence-electron chi connectivity index (χ0n) is 10.6. The van der Waals surface area contributed by atoms with Gasteiger partial charge in [0.15, 0.2) is 0 Å². The highest BCUT2D eigenvalue weighted by Gasteiger charge is 2.27. The fourth-order valence-corrected chi connectivity index (χ4v) is 3.00. The molecule has 4 heteroatoms. The summed E-state index contributed by atoms with van der Waals surface area (Å²) in [6.07, 6.45) is 2.41. The number of nitrogens with zero attached hydrogens (tertiary/aromatic N) is 1. The maximum absolute atomic E-state index is 11.2. The molecule has 1 aromatic carbocycles. The number of hydrogen-bond donors (Lipinski definition) is 0. The molecule has 0 saturated heterocycles. The Balaban J connectivity index is 2.18. The van der Waals surface area contributed by atoms with E-state index < -0.39 is 0 Å². The number of para-hydroxylation sites is 1. The molecular weight excluding hydrogens is 262 g/mol. The van der Waals surface area contributed by atoms with Crippen LogP contribution >= 0.6 is 11.6 Å². The summed E-state index contributed by atoms with van der Waals surface area (Å²) in [6, 6.07) is 7.79. The third-order valence-corrected chi connectivity index (χ3v) is 3.89. The Morgan fingerprint density at radius 2 is 2.21 bits per heavy atom. The molecule has 0 bridgehead atoms. The standard InChI is InChI=1S/C15H14ClNO2/c1-9(18)19-13-8-4-6-11-14(16)10-5-2-3-7-12(10)17-15(11)13/h2-3,5,7,13H,4,6,8H2,1H3. The van der Waals surface area contributed by atoms with Crippen molar-refractivity contribution in [3.8, 4) is 0 Å². The normalized spacial score (nSPS) is 18.1. The maximum atomic E-state index is 11.2. The number of carbonyl (C=O) groups is 1. The molecule has 3 nitrogen and oxygen atoms in total. The molecule has 1 aliphatic carbocycles. The molecule has 0 saturated carbocycles. The van der Waals surface area contributed by atoms with Crippen LogP contribution in [0.15, 0.2) is 24.3 Å². The number of ether oxygens (including phenoxy) is 1. The predicted octanol–water partition coefficient (Wildman–Crippen LogP) is 3.83. The van der Waals surface area contributed by atoms with Gasteiger partial charge in [0.2, 0.25) is 0 Å². The van der Waals surface area contributed by atoms with E-state index in [0.717, 1.165) is 46.4 Å². The van der Waals surface area contributed by atoms with Crippen LogP contribution in [0, 0.1) is 0 Å². The number of fused-ring (bicyclic) bond motifs is 2. The van der Waals surface area contributed by atoms with E-state index in [4.69, 9.17) is 16.3 Å². The summed E-state index contributed by atoms with van der Waals surface area (Å²) in [4.78, 5) is 15.8. The SMILES string of the molecule is CC(=O)OC1CCCc2c1nc1ccccc1c2Cl. The van der Waals surface area contributed by atoms with Gasteiger partial charge < -0.3 is 4.74 Å². The Hall–Kier alpha value is -1.61. The zero-order valence-corrected chi connectivity index (χ0v) is 11.4. The van der Waals surface area contributed by atoms with Crippen molar-refractivity contribution in [1.82, 2.24) is 4.98 Å². The topological polar surface area (TPSA) is 39.2 Å². The number of pyridine rings is 1. The summed E-state index contributed by atoms with van der Waals surface area (Å²) in [7, 11) is 0.